The van der Waals surface area contributed by atoms with Gasteiger partial charge in [-0.3, -0.25) is 0 Å². The topological polar surface area (TPSA) is 0 Å². The van der Waals surface area contributed by atoms with E-state index in [1.54, 1.807) is 0 Å². The van der Waals surface area contributed by atoms with Gasteiger partial charge in [-0.2, -0.15) is 0 Å². The molecule has 2 aliphatic carbocycles. The van der Waals surface area contributed by atoms with E-state index < -0.39 is 0 Å². The molecule has 0 aromatic heterocycles. The first-order valence-electron chi connectivity index (χ1n) is 29.6. The van der Waals surface area contributed by atoms with Crippen LogP contribution in [0.25, 0.3) is 153 Å². The molecule has 0 atom stereocenters. The zero-order valence-electron chi connectivity index (χ0n) is 49.0. The van der Waals surface area contributed by atoms with Gasteiger partial charge in [0.2, 0.25) is 0 Å². The van der Waals surface area contributed by atoms with Crippen LogP contribution in [-0.2, 0) is 28.1 Å². The predicted octanol–water partition coefficient (Wildman–Crippen LogP) is 23.2. The van der Waals surface area contributed by atoms with E-state index >= 15 is 0 Å². The molecule has 0 N–H and O–H groups in total. The number of benzene rings is 12. The first kappa shape index (κ1) is 48.6. The highest BCUT2D eigenvalue weighted by atomic mass is 14.4. The van der Waals surface area contributed by atoms with Crippen molar-refractivity contribution in [3.8, 4) is 66.8 Å². The summed E-state index contributed by atoms with van der Waals surface area (Å²) in [6.45, 7) is 28.6. The van der Waals surface area contributed by atoms with Crippen LogP contribution in [0, 0.1) is 0 Å². The fraction of sp³-hybridized carbons (Fsp3) is 0.210. The highest BCUT2D eigenvalue weighted by Crippen LogP contribution is 2.61. The molecule has 0 heterocycles. The summed E-state index contributed by atoms with van der Waals surface area (Å²) in [6, 6.07) is 71.9. The molecule has 81 heavy (non-hydrogen) atoms. The molecule has 0 bridgehead atoms. The minimum atomic E-state index is -0.0658. The number of hydrogen-bond donors (Lipinski definition) is 0. The summed E-state index contributed by atoms with van der Waals surface area (Å²) >= 11 is 0. The first-order valence-corrected chi connectivity index (χ1v) is 29.6. The van der Waals surface area contributed by atoms with Crippen LogP contribution in [0.15, 0.2) is 182 Å². The van der Waals surface area contributed by atoms with Gasteiger partial charge in [0.1, 0.15) is 0 Å². The average Bonchev–Trinajstić information content (AvgIpc) is 1.82. The Balaban J connectivity index is 1.12. The minimum absolute atomic E-state index is 0.0658. The zero-order chi connectivity index (χ0) is 55.6. The third-order valence-electron chi connectivity index (χ3n) is 19.2. The molecule has 392 valence electrons. The van der Waals surface area contributed by atoms with Gasteiger partial charge in [-0.25, -0.2) is 0 Å². The van der Waals surface area contributed by atoms with Gasteiger partial charge < -0.3 is 0 Å². The molecule has 0 saturated heterocycles. The van der Waals surface area contributed by atoms with E-state index in [9.17, 15) is 0 Å². The van der Waals surface area contributed by atoms with E-state index in [4.69, 9.17) is 0 Å². The van der Waals surface area contributed by atoms with Crippen LogP contribution >= 0.6 is 0 Å². The van der Waals surface area contributed by atoms with Crippen LogP contribution in [0.5, 0.6) is 0 Å². The molecule has 14 aromatic carbocycles. The van der Waals surface area contributed by atoms with Crippen LogP contribution in [0.2, 0.25) is 0 Å². The Morgan fingerprint density at radius 3 is 0.963 bits per heavy atom. The van der Waals surface area contributed by atoms with E-state index in [2.05, 4.69) is 265 Å². The highest BCUT2D eigenvalue weighted by Gasteiger charge is 2.35. The Morgan fingerprint density at radius 1 is 0.222 bits per heavy atom. The summed E-state index contributed by atoms with van der Waals surface area (Å²) in [4.78, 5) is 0. The standard InChI is InChI=1S/C81H68/c1-78(2,3)50-36-48(37-51(40-50)79(4,5)6)69-64-42-62-56-31-33-60-73-61(75-68(45-23-17-14-18-24-45)55-26-20-19-25-54(55)67(74(60)75)44-21-15-13-16-22-44)34-32-57(71(56)73)63(62)43-65(64)70(49-38-52(80(7,8)9)41-53(39-49)81(10,11)12)77-59-30-28-47-35-46-27-29-58(76(69)77)72(59)66(46)47/h13-34,36-43H,35H2,1-12H3. The highest BCUT2D eigenvalue weighted by molar-refractivity contribution is 6.44. The number of hydrogen-bond acceptors (Lipinski definition) is 0. The van der Waals surface area contributed by atoms with Gasteiger partial charge in [-0.15, -0.1) is 0 Å². The molecular weight excluding hydrogens is 973 g/mol. The van der Waals surface area contributed by atoms with E-state index in [1.165, 1.54) is 186 Å². The van der Waals surface area contributed by atoms with E-state index in [-0.39, 0.29) is 21.7 Å². The largest absolute Gasteiger partial charge is 0.0622 e. The summed E-state index contributed by atoms with van der Waals surface area (Å²) in [5.41, 5.74) is 24.0. The Bertz CT molecular complexity index is 4680. The Kier molecular flexibility index (Phi) is 9.71. The molecule has 0 amide bonds. The smallest absolute Gasteiger partial charge is 0.000740 e. The molecule has 0 spiro atoms. The maximum atomic E-state index is 2.66. The van der Waals surface area contributed by atoms with Crippen molar-refractivity contribution >= 4 is 86.2 Å². The lowest BCUT2D eigenvalue weighted by molar-refractivity contribution is 0.568. The van der Waals surface area contributed by atoms with Crippen LogP contribution in [0.4, 0.5) is 0 Å². The normalized spacial score (nSPS) is 13.6. The van der Waals surface area contributed by atoms with Crippen molar-refractivity contribution in [1.82, 2.24) is 0 Å². The second-order valence-electron chi connectivity index (χ2n) is 28.4. The Hall–Kier alpha value is -8.32. The second kappa shape index (κ2) is 16.2. The molecule has 2 aliphatic rings. The quantitative estimate of drug-likeness (QED) is 0.165. The number of rotatable bonds is 4. The van der Waals surface area contributed by atoms with Gasteiger partial charge in [0.05, 0.1) is 0 Å². The molecule has 14 aromatic rings. The molecule has 0 saturated carbocycles. The van der Waals surface area contributed by atoms with Gasteiger partial charge in [-0.1, -0.05) is 253 Å². The SMILES string of the molecule is CC(C)(C)c1cc(-c2c3cc4c(cc3c(-c3cc(C(C)(C)C)cc(C(C)(C)C)c3)c3c5ccc6c7c(ccc(c23)c75)C6)c2ccc3c5c(ccc4c52)-c2c-3c(-c3ccccc3)c3ccccc3c2-c2ccccc2)cc(C(C)(C)C)c1. The molecule has 0 radical (unpaired) electrons. The summed E-state index contributed by atoms with van der Waals surface area (Å²) in [5.74, 6) is 0. The molecule has 0 nitrogen and oxygen atoms in total. The Morgan fingerprint density at radius 2 is 0.580 bits per heavy atom. The third kappa shape index (κ3) is 6.77. The van der Waals surface area contributed by atoms with E-state index in [1.807, 2.05) is 0 Å². The van der Waals surface area contributed by atoms with Crippen molar-refractivity contribution in [2.45, 2.75) is 111 Å². The number of fused-ring (bicyclic) bond motifs is 11. The van der Waals surface area contributed by atoms with Crippen molar-refractivity contribution in [3.05, 3.63) is 215 Å². The monoisotopic (exact) mass is 1040 g/mol. The van der Waals surface area contributed by atoms with E-state index in [0.717, 1.165) is 6.42 Å². The summed E-state index contributed by atoms with van der Waals surface area (Å²) < 4.78 is 0. The zero-order valence-corrected chi connectivity index (χ0v) is 49.0. The molecule has 16 rings (SSSR count). The summed E-state index contributed by atoms with van der Waals surface area (Å²) in [6.07, 6.45) is 1.04. The van der Waals surface area contributed by atoms with Crippen LogP contribution in [0.3, 0.4) is 0 Å². The van der Waals surface area contributed by atoms with E-state index in [0.29, 0.717) is 0 Å². The fourth-order valence-electron chi connectivity index (χ4n) is 15.0. The van der Waals surface area contributed by atoms with Crippen LogP contribution < -0.4 is 0 Å². The van der Waals surface area contributed by atoms with Crippen LogP contribution in [0.1, 0.15) is 116 Å². The molecular formula is C81H68. The van der Waals surface area contributed by atoms with Crippen LogP contribution in [-0.4, -0.2) is 0 Å². The second-order valence-corrected chi connectivity index (χ2v) is 28.4. The lowest BCUT2D eigenvalue weighted by Crippen LogP contribution is -2.16. The molecule has 0 fully saturated rings. The average molecular weight is 1040 g/mol. The van der Waals surface area contributed by atoms with Gasteiger partial charge in [0.25, 0.3) is 0 Å². The fourth-order valence-corrected chi connectivity index (χ4v) is 15.0. The maximum Gasteiger partial charge on any atom is -0.000740 e. The van der Waals surface area contributed by atoms with Crippen molar-refractivity contribution in [1.29, 1.82) is 0 Å². The lowest BCUT2D eigenvalue weighted by atomic mass is 9.76. The Labute approximate surface area is 476 Å². The van der Waals surface area contributed by atoms with Crippen molar-refractivity contribution in [3.63, 3.8) is 0 Å². The lowest BCUT2D eigenvalue weighted by Gasteiger charge is -2.28. The van der Waals surface area contributed by atoms with Gasteiger partial charge in [0.15, 0.2) is 0 Å². The molecule has 0 heteroatoms. The van der Waals surface area contributed by atoms with Gasteiger partial charge in [-0.05, 0) is 227 Å². The maximum absolute atomic E-state index is 2.66. The summed E-state index contributed by atoms with van der Waals surface area (Å²) in [5, 5.41) is 21.7. The van der Waals surface area contributed by atoms with Crippen molar-refractivity contribution in [2.24, 2.45) is 0 Å². The third-order valence-corrected chi connectivity index (χ3v) is 19.2. The molecule has 0 unspecified atom stereocenters. The van der Waals surface area contributed by atoms with Crippen molar-refractivity contribution in [2.75, 3.05) is 0 Å². The molecule has 0 aliphatic heterocycles. The minimum Gasteiger partial charge on any atom is -0.0622 e. The van der Waals surface area contributed by atoms with Gasteiger partial charge >= 0.3 is 0 Å². The van der Waals surface area contributed by atoms with Gasteiger partial charge in [0, 0.05) is 0 Å². The predicted molar refractivity (Wildman–Crippen MR) is 353 cm³/mol. The first-order chi connectivity index (χ1) is 38.7. The summed E-state index contributed by atoms with van der Waals surface area (Å²) in [7, 11) is 0. The van der Waals surface area contributed by atoms with Crippen molar-refractivity contribution < 1.29 is 0 Å².